The molecule has 0 radical (unpaired) electrons. The fraction of sp³-hybridized carbons (Fsp3) is 0.0351. The number of rotatable bonds is 3. The second-order valence-electron chi connectivity index (χ2n) is 16.2. The summed E-state index contributed by atoms with van der Waals surface area (Å²) in [4.78, 5) is 5.17. The highest BCUT2D eigenvalue weighted by Gasteiger charge is 2.58. The summed E-state index contributed by atoms with van der Waals surface area (Å²) >= 11 is 0. The molecule has 2 spiro atoms. The number of hydrogen-bond donors (Lipinski definition) is 0. The molecule has 1 aromatic heterocycles. The van der Waals surface area contributed by atoms with E-state index in [4.69, 9.17) is 4.98 Å². The Hall–Kier alpha value is -7.55. The minimum absolute atomic E-state index is 0.502. The Labute approximate surface area is 343 Å². The molecule has 0 N–H and O–H groups in total. The van der Waals surface area contributed by atoms with Crippen molar-refractivity contribution in [1.82, 2.24) is 9.55 Å². The third kappa shape index (κ3) is 4.12. The highest BCUT2D eigenvalue weighted by atomic mass is 15.1. The molecule has 0 saturated carbocycles. The molecule has 0 amide bonds. The van der Waals surface area contributed by atoms with Crippen molar-refractivity contribution in [1.29, 1.82) is 0 Å². The second-order valence-corrected chi connectivity index (χ2v) is 16.2. The Morgan fingerprint density at radius 2 is 0.746 bits per heavy atom. The van der Waals surface area contributed by atoms with Crippen molar-refractivity contribution < 1.29 is 0 Å². The van der Waals surface area contributed by atoms with Gasteiger partial charge in [-0.1, -0.05) is 188 Å². The molecular formula is C57H36N2. The zero-order chi connectivity index (χ0) is 38.7. The molecule has 3 aliphatic rings. The van der Waals surface area contributed by atoms with Crippen molar-refractivity contribution in [2.75, 3.05) is 0 Å². The van der Waals surface area contributed by atoms with Gasteiger partial charge in [-0.3, -0.25) is 4.57 Å². The third-order valence-corrected chi connectivity index (χ3v) is 13.5. The van der Waals surface area contributed by atoms with Crippen molar-refractivity contribution in [3.63, 3.8) is 0 Å². The van der Waals surface area contributed by atoms with Gasteiger partial charge >= 0.3 is 0 Å². The molecule has 0 aliphatic heterocycles. The quantitative estimate of drug-likeness (QED) is 0.176. The normalized spacial score (nSPS) is 14.4. The summed E-state index contributed by atoms with van der Waals surface area (Å²) in [6.45, 7) is 0. The Bertz CT molecular complexity index is 3260. The van der Waals surface area contributed by atoms with Gasteiger partial charge in [0, 0.05) is 11.3 Å². The van der Waals surface area contributed by atoms with Crippen LogP contribution in [0, 0.1) is 0 Å². The molecule has 0 saturated heterocycles. The summed E-state index contributed by atoms with van der Waals surface area (Å²) in [5.74, 6) is 0.935. The smallest absolute Gasteiger partial charge is 0.145 e. The molecule has 0 unspecified atom stereocenters. The first-order valence-corrected chi connectivity index (χ1v) is 20.6. The van der Waals surface area contributed by atoms with Gasteiger partial charge in [0.15, 0.2) is 0 Å². The topological polar surface area (TPSA) is 17.8 Å². The van der Waals surface area contributed by atoms with Crippen LogP contribution in [0.5, 0.6) is 0 Å². The van der Waals surface area contributed by atoms with Crippen molar-refractivity contribution in [3.8, 4) is 50.5 Å². The van der Waals surface area contributed by atoms with Gasteiger partial charge in [0.25, 0.3) is 0 Å². The van der Waals surface area contributed by atoms with Crippen LogP contribution >= 0.6 is 0 Å². The van der Waals surface area contributed by atoms with Crippen LogP contribution in [0.15, 0.2) is 218 Å². The molecule has 10 aromatic rings. The summed E-state index contributed by atoms with van der Waals surface area (Å²) < 4.78 is 2.31. The van der Waals surface area contributed by atoms with Gasteiger partial charge in [-0.05, 0) is 108 Å². The van der Waals surface area contributed by atoms with E-state index in [0.717, 1.165) is 33.7 Å². The average Bonchev–Trinajstić information content (AvgIpc) is 3.95. The van der Waals surface area contributed by atoms with Gasteiger partial charge in [0.2, 0.25) is 0 Å². The Morgan fingerprint density at radius 3 is 1.34 bits per heavy atom. The van der Waals surface area contributed by atoms with Crippen molar-refractivity contribution in [2.45, 2.75) is 10.8 Å². The number of hydrogen-bond acceptors (Lipinski definition) is 1. The average molecular weight is 749 g/mol. The Morgan fingerprint density at radius 1 is 0.305 bits per heavy atom. The van der Waals surface area contributed by atoms with Crippen LogP contribution in [0.2, 0.25) is 0 Å². The minimum Gasteiger partial charge on any atom is -0.292 e. The van der Waals surface area contributed by atoms with Crippen molar-refractivity contribution in [3.05, 3.63) is 263 Å². The maximum absolute atomic E-state index is 5.17. The van der Waals surface area contributed by atoms with Crippen LogP contribution in [-0.4, -0.2) is 9.55 Å². The highest BCUT2D eigenvalue weighted by Crippen LogP contribution is 2.67. The van der Waals surface area contributed by atoms with Gasteiger partial charge in [-0.25, -0.2) is 4.98 Å². The van der Waals surface area contributed by atoms with Crippen LogP contribution in [0.25, 0.3) is 61.5 Å². The van der Waals surface area contributed by atoms with Crippen LogP contribution in [0.3, 0.4) is 0 Å². The molecule has 3 aliphatic carbocycles. The van der Waals surface area contributed by atoms with E-state index < -0.39 is 10.8 Å². The Kier molecular flexibility index (Phi) is 6.61. The molecule has 274 valence electrons. The fourth-order valence-electron chi connectivity index (χ4n) is 11.3. The lowest BCUT2D eigenvalue weighted by Crippen LogP contribution is -2.43. The maximum atomic E-state index is 5.17. The van der Waals surface area contributed by atoms with E-state index in [-0.39, 0.29) is 0 Å². The molecule has 2 nitrogen and oxygen atoms in total. The van der Waals surface area contributed by atoms with Crippen molar-refractivity contribution >= 4 is 11.0 Å². The van der Waals surface area contributed by atoms with Gasteiger partial charge in [0.1, 0.15) is 5.82 Å². The summed E-state index contributed by atoms with van der Waals surface area (Å²) in [6.07, 6.45) is 0. The predicted molar refractivity (Wildman–Crippen MR) is 240 cm³/mol. The first-order chi connectivity index (χ1) is 29.3. The van der Waals surface area contributed by atoms with E-state index in [1.54, 1.807) is 0 Å². The lowest BCUT2D eigenvalue weighted by atomic mass is 9.52. The molecule has 0 atom stereocenters. The number of imidazole rings is 1. The molecule has 9 aromatic carbocycles. The van der Waals surface area contributed by atoms with E-state index in [2.05, 4.69) is 223 Å². The minimum atomic E-state index is -0.536. The third-order valence-electron chi connectivity index (χ3n) is 13.5. The van der Waals surface area contributed by atoms with Crippen LogP contribution in [0.1, 0.15) is 44.5 Å². The van der Waals surface area contributed by atoms with E-state index in [1.807, 2.05) is 0 Å². The number of benzene rings is 9. The molecule has 0 bridgehead atoms. The lowest BCUT2D eigenvalue weighted by molar-refractivity contribution is 0.633. The number of fused-ring (bicyclic) bond motifs is 17. The van der Waals surface area contributed by atoms with Crippen LogP contribution < -0.4 is 0 Å². The van der Waals surface area contributed by atoms with Crippen LogP contribution in [0.4, 0.5) is 0 Å². The van der Waals surface area contributed by atoms with Gasteiger partial charge in [-0.15, -0.1) is 0 Å². The monoisotopic (exact) mass is 748 g/mol. The Balaban J connectivity index is 1.13. The van der Waals surface area contributed by atoms with E-state index in [0.29, 0.717) is 0 Å². The summed E-state index contributed by atoms with van der Waals surface area (Å²) in [5.41, 5.74) is 21.5. The fourth-order valence-corrected chi connectivity index (χ4v) is 11.3. The van der Waals surface area contributed by atoms with Gasteiger partial charge in [-0.2, -0.15) is 0 Å². The standard InChI is InChI=1S/C57H36N2/c1-2-17-37(18-3-1)55-58-53-31-14-15-32-54(53)59(55)40-20-16-19-38(35-40)39-33-34-51-52(36-39)57(47-27-10-6-23-43(47)44-24-7-11-28-48(44)57)50-30-13-12-29-49(50)56(51)45-25-8-4-21-41(45)42-22-5-9-26-46(42)56/h1-36H. The lowest BCUT2D eigenvalue weighted by Gasteiger charge is -2.49. The number of nitrogens with zero attached hydrogens (tertiary/aromatic N) is 2. The first kappa shape index (κ1) is 32.5. The largest absolute Gasteiger partial charge is 0.292 e. The molecule has 2 heteroatoms. The van der Waals surface area contributed by atoms with E-state index in [9.17, 15) is 0 Å². The summed E-state index contributed by atoms with van der Waals surface area (Å²) in [5, 5.41) is 0. The molecule has 59 heavy (non-hydrogen) atoms. The van der Waals surface area contributed by atoms with E-state index >= 15 is 0 Å². The SMILES string of the molecule is c1ccc(-c2nc3ccccc3n2-c2cccc(-c3ccc4c(c3)C3(c5ccccc5-c5ccccc53)c3ccccc3C43c4ccccc4-c4ccccc43)c2)cc1. The summed E-state index contributed by atoms with van der Waals surface area (Å²) in [7, 11) is 0. The predicted octanol–water partition coefficient (Wildman–Crippen LogP) is 13.4. The zero-order valence-electron chi connectivity index (χ0n) is 32.2. The van der Waals surface area contributed by atoms with Crippen molar-refractivity contribution in [2.24, 2.45) is 0 Å². The number of aromatic nitrogens is 2. The summed E-state index contributed by atoms with van der Waals surface area (Å²) in [6, 6.07) is 81.2. The molecule has 13 rings (SSSR count). The maximum Gasteiger partial charge on any atom is 0.145 e. The van der Waals surface area contributed by atoms with Crippen LogP contribution in [-0.2, 0) is 10.8 Å². The molecule has 0 fully saturated rings. The second kappa shape index (κ2) is 12.0. The van der Waals surface area contributed by atoms with Gasteiger partial charge in [0.05, 0.1) is 21.9 Å². The van der Waals surface area contributed by atoms with Gasteiger partial charge < -0.3 is 0 Å². The first-order valence-electron chi connectivity index (χ1n) is 20.6. The molecule has 1 heterocycles. The molecular weight excluding hydrogens is 713 g/mol. The van der Waals surface area contributed by atoms with E-state index in [1.165, 1.54) is 72.3 Å². The highest BCUT2D eigenvalue weighted by molar-refractivity contribution is 5.94. The zero-order valence-corrected chi connectivity index (χ0v) is 32.2. The number of para-hydroxylation sites is 2.